The van der Waals surface area contributed by atoms with E-state index >= 15 is 0 Å². The maximum atomic E-state index is 13.2. The van der Waals surface area contributed by atoms with Crippen LogP contribution in [-0.2, 0) is 12.0 Å². The molecular formula is C35H31N5O3. The Balaban J connectivity index is 1.25. The number of hydrogen-bond donors (Lipinski definition) is 2. The number of amides is 2. The lowest BCUT2D eigenvalue weighted by Crippen LogP contribution is -2.18. The fraction of sp³-hybridized carbons (Fsp3) is 0.171. The van der Waals surface area contributed by atoms with Gasteiger partial charge in [0.25, 0.3) is 11.8 Å². The molecular weight excluding hydrogens is 538 g/mol. The van der Waals surface area contributed by atoms with Crippen LogP contribution in [-0.4, -0.2) is 21.8 Å². The van der Waals surface area contributed by atoms with Gasteiger partial charge in [-0.2, -0.15) is 5.26 Å². The van der Waals surface area contributed by atoms with Crippen LogP contribution in [0.5, 0.6) is 5.75 Å². The highest BCUT2D eigenvalue weighted by molar-refractivity contribution is 6.08. The molecule has 2 amide bonds. The van der Waals surface area contributed by atoms with Gasteiger partial charge in [0.15, 0.2) is 0 Å². The number of rotatable bonds is 7. The second kappa shape index (κ2) is 12.1. The molecule has 0 atom stereocenters. The van der Waals surface area contributed by atoms with Gasteiger partial charge in [0.05, 0.1) is 40.3 Å². The first-order valence-corrected chi connectivity index (χ1v) is 13.8. The molecule has 0 aliphatic carbocycles. The molecule has 0 aliphatic heterocycles. The van der Waals surface area contributed by atoms with Crippen molar-refractivity contribution >= 4 is 34.1 Å². The highest BCUT2D eigenvalue weighted by Gasteiger charge is 2.19. The molecule has 5 rings (SSSR count). The molecule has 0 fully saturated rings. The van der Waals surface area contributed by atoms with Crippen LogP contribution < -0.4 is 15.4 Å². The predicted octanol–water partition coefficient (Wildman–Crippen LogP) is 7.19. The van der Waals surface area contributed by atoms with Crippen LogP contribution in [0, 0.1) is 18.3 Å². The molecule has 0 radical (unpaired) electrons. The van der Waals surface area contributed by atoms with Gasteiger partial charge in [0, 0.05) is 28.4 Å². The molecule has 8 nitrogen and oxygen atoms in total. The largest absolute Gasteiger partial charge is 0.489 e. The Morgan fingerprint density at radius 2 is 1.63 bits per heavy atom. The SMILES string of the molecule is Cc1ncc(NC(=O)c2cc(C#N)cc(C(C)(C)C)c2)cc1C(=O)Nc1ccc(OCc2ccnc3ccccc23)cc1. The Morgan fingerprint density at radius 3 is 2.37 bits per heavy atom. The van der Waals surface area contributed by atoms with E-state index in [1.54, 1.807) is 61.7 Å². The minimum absolute atomic E-state index is 0.239. The van der Waals surface area contributed by atoms with Crippen molar-refractivity contribution in [1.82, 2.24) is 9.97 Å². The zero-order valence-electron chi connectivity index (χ0n) is 24.4. The van der Waals surface area contributed by atoms with Crippen LogP contribution in [0.3, 0.4) is 0 Å². The Hall–Kier alpha value is -5.55. The molecule has 2 heterocycles. The van der Waals surface area contributed by atoms with E-state index in [2.05, 4.69) is 26.7 Å². The molecule has 8 heteroatoms. The zero-order valence-corrected chi connectivity index (χ0v) is 24.4. The lowest BCUT2D eigenvalue weighted by molar-refractivity contribution is 0.101. The third kappa shape index (κ3) is 6.85. The molecule has 2 aromatic heterocycles. The van der Waals surface area contributed by atoms with Gasteiger partial charge < -0.3 is 15.4 Å². The van der Waals surface area contributed by atoms with Crippen molar-refractivity contribution in [3.63, 3.8) is 0 Å². The number of nitrogens with one attached hydrogen (secondary N) is 2. The summed E-state index contributed by atoms with van der Waals surface area (Å²) < 4.78 is 5.98. The van der Waals surface area contributed by atoms with Crippen LogP contribution in [0.4, 0.5) is 11.4 Å². The zero-order chi connectivity index (χ0) is 30.6. The average molecular weight is 570 g/mol. The van der Waals surface area contributed by atoms with Crippen molar-refractivity contribution in [1.29, 1.82) is 5.26 Å². The van der Waals surface area contributed by atoms with Crippen molar-refractivity contribution in [2.24, 2.45) is 0 Å². The molecule has 0 saturated carbocycles. The van der Waals surface area contributed by atoms with E-state index in [1.165, 1.54) is 6.20 Å². The molecule has 3 aromatic carbocycles. The van der Waals surface area contributed by atoms with E-state index in [4.69, 9.17) is 4.74 Å². The number of para-hydroxylation sites is 1. The summed E-state index contributed by atoms with van der Waals surface area (Å²) >= 11 is 0. The number of nitriles is 1. The fourth-order valence-electron chi connectivity index (χ4n) is 4.57. The third-order valence-electron chi connectivity index (χ3n) is 7.03. The highest BCUT2D eigenvalue weighted by Crippen LogP contribution is 2.26. The number of nitrogens with zero attached hydrogens (tertiary/aromatic N) is 3. The van der Waals surface area contributed by atoms with Gasteiger partial charge in [-0.15, -0.1) is 0 Å². The Labute approximate surface area is 250 Å². The van der Waals surface area contributed by atoms with Gasteiger partial charge in [-0.25, -0.2) is 0 Å². The van der Waals surface area contributed by atoms with Crippen molar-refractivity contribution in [2.75, 3.05) is 10.6 Å². The summed E-state index contributed by atoms with van der Waals surface area (Å²) in [5, 5.41) is 16.2. The highest BCUT2D eigenvalue weighted by atomic mass is 16.5. The van der Waals surface area contributed by atoms with E-state index in [9.17, 15) is 14.9 Å². The number of hydrogen-bond acceptors (Lipinski definition) is 6. The van der Waals surface area contributed by atoms with Crippen LogP contribution >= 0.6 is 0 Å². The Morgan fingerprint density at radius 1 is 0.884 bits per heavy atom. The topological polar surface area (TPSA) is 117 Å². The first-order chi connectivity index (χ1) is 20.6. The molecule has 43 heavy (non-hydrogen) atoms. The minimum atomic E-state index is -0.394. The fourth-order valence-corrected chi connectivity index (χ4v) is 4.57. The molecule has 0 aliphatic rings. The molecule has 2 N–H and O–H groups in total. The second-order valence-electron chi connectivity index (χ2n) is 11.2. The number of anilines is 2. The number of aryl methyl sites for hydroxylation is 1. The van der Waals surface area contributed by atoms with Gasteiger partial charge >= 0.3 is 0 Å². The maximum absolute atomic E-state index is 13.2. The maximum Gasteiger partial charge on any atom is 0.257 e. The number of ether oxygens (including phenoxy) is 1. The summed E-state index contributed by atoms with van der Waals surface area (Å²) in [7, 11) is 0. The first kappa shape index (κ1) is 29.0. The molecule has 0 saturated heterocycles. The van der Waals surface area contributed by atoms with Crippen LogP contribution in [0.25, 0.3) is 10.9 Å². The standard InChI is InChI=1S/C35H31N5O3/c1-22-31(18-28(20-38-22)40-33(41)25-15-23(19-36)16-26(17-25)35(2,3)4)34(42)39-27-9-11-29(12-10-27)43-21-24-13-14-37-32-8-6-5-7-30(24)32/h5-18,20H,21H2,1-4H3,(H,39,42)(H,40,41). The van der Waals surface area contributed by atoms with Crippen LogP contribution in [0.2, 0.25) is 0 Å². The van der Waals surface area contributed by atoms with Gasteiger partial charge in [0.2, 0.25) is 0 Å². The number of carbonyl (C=O) groups is 2. The van der Waals surface area contributed by atoms with Gasteiger partial charge in [-0.05, 0) is 78.6 Å². The predicted molar refractivity (Wildman–Crippen MR) is 167 cm³/mol. The number of aromatic nitrogens is 2. The summed E-state index contributed by atoms with van der Waals surface area (Å²) in [6.07, 6.45) is 3.27. The summed E-state index contributed by atoms with van der Waals surface area (Å²) in [5.74, 6) is -0.0917. The van der Waals surface area contributed by atoms with E-state index < -0.39 is 5.91 Å². The van der Waals surface area contributed by atoms with E-state index in [1.807, 2.05) is 51.1 Å². The van der Waals surface area contributed by atoms with E-state index in [-0.39, 0.29) is 11.3 Å². The molecule has 0 spiro atoms. The van der Waals surface area contributed by atoms with Crippen LogP contribution in [0.15, 0.2) is 91.3 Å². The second-order valence-corrected chi connectivity index (χ2v) is 11.2. The van der Waals surface area contributed by atoms with Gasteiger partial charge in [-0.3, -0.25) is 19.6 Å². The normalized spacial score (nSPS) is 11.0. The van der Waals surface area contributed by atoms with Gasteiger partial charge in [-0.1, -0.05) is 39.0 Å². The van der Waals surface area contributed by atoms with Gasteiger partial charge in [0.1, 0.15) is 12.4 Å². The van der Waals surface area contributed by atoms with Crippen LogP contribution in [0.1, 0.15) is 63.9 Å². The van der Waals surface area contributed by atoms with E-state index in [0.717, 1.165) is 22.0 Å². The number of carbonyl (C=O) groups excluding carboxylic acids is 2. The lowest BCUT2D eigenvalue weighted by Gasteiger charge is -2.20. The average Bonchev–Trinajstić information content (AvgIpc) is 3.00. The summed E-state index contributed by atoms with van der Waals surface area (Å²) in [6.45, 7) is 8.17. The Kier molecular flexibility index (Phi) is 8.17. The third-order valence-corrected chi connectivity index (χ3v) is 7.03. The summed E-state index contributed by atoms with van der Waals surface area (Å²) in [5.41, 5.74) is 5.14. The van der Waals surface area contributed by atoms with Crippen molar-refractivity contribution in [2.45, 2.75) is 39.7 Å². The number of benzene rings is 3. The summed E-state index contributed by atoms with van der Waals surface area (Å²) in [6, 6.07) is 25.8. The minimum Gasteiger partial charge on any atom is -0.489 e. The van der Waals surface area contributed by atoms with E-state index in [0.29, 0.717) is 46.1 Å². The number of fused-ring (bicyclic) bond motifs is 1. The molecule has 214 valence electrons. The monoisotopic (exact) mass is 569 g/mol. The Bertz CT molecular complexity index is 1860. The quantitative estimate of drug-likeness (QED) is 0.214. The van der Waals surface area contributed by atoms with Crippen molar-refractivity contribution < 1.29 is 14.3 Å². The smallest absolute Gasteiger partial charge is 0.257 e. The number of pyridine rings is 2. The molecule has 5 aromatic rings. The van der Waals surface area contributed by atoms with Crippen molar-refractivity contribution in [3.05, 3.63) is 125 Å². The first-order valence-electron chi connectivity index (χ1n) is 13.8. The lowest BCUT2D eigenvalue weighted by atomic mass is 9.85. The summed E-state index contributed by atoms with van der Waals surface area (Å²) in [4.78, 5) is 35.0. The molecule has 0 bridgehead atoms. The van der Waals surface area contributed by atoms with Crippen molar-refractivity contribution in [3.8, 4) is 11.8 Å². The molecule has 0 unspecified atom stereocenters.